The topological polar surface area (TPSA) is 18.5 Å². The number of nitrogens with one attached hydrogen (secondary N) is 1. The lowest BCUT2D eigenvalue weighted by molar-refractivity contribution is 0.139. The van der Waals surface area contributed by atoms with Crippen LogP contribution < -0.4 is 10.2 Å². The van der Waals surface area contributed by atoms with Crippen LogP contribution >= 0.6 is 15.9 Å². The lowest BCUT2D eigenvalue weighted by Gasteiger charge is -2.46. The van der Waals surface area contributed by atoms with Crippen molar-refractivity contribution in [3.05, 3.63) is 28.2 Å². The quantitative estimate of drug-likeness (QED) is 0.891. The van der Waals surface area contributed by atoms with E-state index in [1.54, 1.807) is 0 Å². The molecule has 1 saturated heterocycles. The number of rotatable bonds is 4. The maximum atomic E-state index is 3.77. The van der Waals surface area contributed by atoms with Gasteiger partial charge < -0.3 is 10.2 Å². The summed E-state index contributed by atoms with van der Waals surface area (Å²) in [5.41, 5.74) is 2.86. The fraction of sp³-hybridized carbons (Fsp3) is 0.647. The molecule has 1 atom stereocenters. The summed E-state index contributed by atoms with van der Waals surface area (Å²) in [5, 5.41) is 3.47. The summed E-state index contributed by atoms with van der Waals surface area (Å²) >= 11 is 3.77. The number of likely N-dealkylation sites (N-methyl/N-ethyl adjacent to an activating group) is 1. The molecule has 1 aromatic carbocycles. The Bertz CT molecular complexity index is 487. The zero-order valence-electron chi connectivity index (χ0n) is 13.9. The first-order chi connectivity index (χ1) is 9.85. The molecule has 1 N–H and O–H groups in total. The second-order valence-corrected chi connectivity index (χ2v) is 7.50. The largest absolute Gasteiger partial charge is 0.368 e. The van der Waals surface area contributed by atoms with Gasteiger partial charge in [0.25, 0.3) is 0 Å². The van der Waals surface area contributed by atoms with E-state index in [1.807, 2.05) is 0 Å². The second-order valence-electron chi connectivity index (χ2n) is 6.65. The van der Waals surface area contributed by atoms with Crippen molar-refractivity contribution >= 4 is 21.6 Å². The highest BCUT2D eigenvalue weighted by molar-refractivity contribution is 9.10. The fourth-order valence-electron chi connectivity index (χ4n) is 2.92. The van der Waals surface area contributed by atoms with E-state index in [-0.39, 0.29) is 5.54 Å². The van der Waals surface area contributed by atoms with Crippen LogP contribution in [0.2, 0.25) is 0 Å². The van der Waals surface area contributed by atoms with Crippen molar-refractivity contribution in [3.8, 4) is 0 Å². The van der Waals surface area contributed by atoms with Crippen molar-refractivity contribution in [3.63, 3.8) is 0 Å². The predicted octanol–water partition coefficient (Wildman–Crippen LogP) is 3.65. The van der Waals surface area contributed by atoms with E-state index in [4.69, 9.17) is 0 Å². The smallest absolute Gasteiger partial charge is 0.0511 e. The Morgan fingerprint density at radius 2 is 2.05 bits per heavy atom. The Hall–Kier alpha value is -0.580. The van der Waals surface area contributed by atoms with Gasteiger partial charge in [0.15, 0.2) is 0 Å². The molecule has 1 fully saturated rings. The third-order valence-electron chi connectivity index (χ3n) is 4.64. The molecule has 2 rings (SSSR count). The van der Waals surface area contributed by atoms with Crippen LogP contribution in [0.25, 0.3) is 0 Å². The van der Waals surface area contributed by atoms with Crippen LogP contribution in [0.4, 0.5) is 5.69 Å². The summed E-state index contributed by atoms with van der Waals surface area (Å²) < 4.78 is 1.20. The van der Waals surface area contributed by atoms with Crippen molar-refractivity contribution < 1.29 is 0 Å². The molecule has 3 nitrogen and oxygen atoms in total. The predicted molar refractivity (Wildman–Crippen MR) is 95.2 cm³/mol. The Kier molecular flexibility index (Phi) is 5.33. The molecule has 1 unspecified atom stereocenters. The molecule has 118 valence electrons. The zero-order chi connectivity index (χ0) is 15.6. The highest BCUT2D eigenvalue weighted by Crippen LogP contribution is 2.32. The average molecular weight is 354 g/mol. The van der Waals surface area contributed by atoms with Crippen LogP contribution in [0.1, 0.15) is 39.3 Å². The molecule has 1 aromatic rings. The summed E-state index contributed by atoms with van der Waals surface area (Å²) in [6, 6.07) is 7.16. The number of benzene rings is 1. The van der Waals surface area contributed by atoms with Crippen LogP contribution in [0, 0.1) is 0 Å². The molecule has 0 saturated carbocycles. The first-order valence-electron chi connectivity index (χ1n) is 7.84. The molecule has 21 heavy (non-hydrogen) atoms. The average Bonchev–Trinajstić information content (AvgIpc) is 2.42. The van der Waals surface area contributed by atoms with Gasteiger partial charge in [0.05, 0.1) is 5.69 Å². The summed E-state index contributed by atoms with van der Waals surface area (Å²) in [4.78, 5) is 4.94. The Morgan fingerprint density at radius 1 is 1.33 bits per heavy atom. The van der Waals surface area contributed by atoms with Crippen LogP contribution in [-0.4, -0.2) is 43.7 Å². The lowest BCUT2D eigenvalue weighted by atomic mass is 9.99. The van der Waals surface area contributed by atoms with Crippen LogP contribution in [0.5, 0.6) is 0 Å². The lowest BCUT2D eigenvalue weighted by Crippen LogP contribution is -2.57. The molecule has 1 heterocycles. The van der Waals surface area contributed by atoms with Crippen LogP contribution in [0.15, 0.2) is 22.7 Å². The SMILES string of the molecule is CCNC(C)c1ccc(N2CCN(C)C(C)(C)C2)c(Br)c1. The number of hydrogen-bond donors (Lipinski definition) is 1. The minimum absolute atomic E-state index is 0.216. The van der Waals surface area contributed by atoms with Gasteiger partial charge in [-0.3, -0.25) is 4.90 Å². The third kappa shape index (κ3) is 3.79. The summed E-state index contributed by atoms with van der Waals surface area (Å²) in [6.07, 6.45) is 0. The van der Waals surface area contributed by atoms with Gasteiger partial charge in [-0.25, -0.2) is 0 Å². The number of hydrogen-bond acceptors (Lipinski definition) is 3. The van der Waals surface area contributed by atoms with Gasteiger partial charge in [0.1, 0.15) is 0 Å². The van der Waals surface area contributed by atoms with E-state index in [9.17, 15) is 0 Å². The Balaban J connectivity index is 2.18. The second kappa shape index (κ2) is 6.67. The summed E-state index contributed by atoms with van der Waals surface area (Å²) in [5.74, 6) is 0. The van der Waals surface area contributed by atoms with E-state index < -0.39 is 0 Å². The van der Waals surface area contributed by atoms with Crippen molar-refractivity contribution in [2.75, 3.05) is 38.1 Å². The van der Waals surface area contributed by atoms with E-state index in [2.05, 4.69) is 84.0 Å². The Morgan fingerprint density at radius 3 is 2.62 bits per heavy atom. The molecular weight excluding hydrogens is 326 g/mol. The van der Waals surface area contributed by atoms with Gasteiger partial charge in [-0.2, -0.15) is 0 Å². The molecule has 0 amide bonds. The van der Waals surface area contributed by atoms with E-state index >= 15 is 0 Å². The molecule has 4 heteroatoms. The highest BCUT2D eigenvalue weighted by atomic mass is 79.9. The van der Waals surface area contributed by atoms with Gasteiger partial charge in [0.2, 0.25) is 0 Å². The van der Waals surface area contributed by atoms with E-state index in [0.29, 0.717) is 6.04 Å². The molecular formula is C17H28BrN3. The maximum Gasteiger partial charge on any atom is 0.0511 e. The molecule has 0 aliphatic carbocycles. The summed E-state index contributed by atoms with van der Waals surface area (Å²) in [6.45, 7) is 13.2. The van der Waals surface area contributed by atoms with Crippen molar-refractivity contribution in [1.29, 1.82) is 0 Å². The molecule has 0 bridgehead atoms. The zero-order valence-corrected chi connectivity index (χ0v) is 15.5. The Labute approximate surface area is 137 Å². The summed E-state index contributed by atoms with van der Waals surface area (Å²) in [7, 11) is 2.22. The first-order valence-corrected chi connectivity index (χ1v) is 8.63. The maximum absolute atomic E-state index is 3.77. The van der Waals surface area contributed by atoms with Crippen molar-refractivity contribution in [2.24, 2.45) is 0 Å². The minimum Gasteiger partial charge on any atom is -0.368 e. The number of anilines is 1. The van der Waals surface area contributed by atoms with Crippen molar-refractivity contribution in [2.45, 2.75) is 39.3 Å². The van der Waals surface area contributed by atoms with Gasteiger partial charge in [-0.05, 0) is 68.0 Å². The fourth-order valence-corrected chi connectivity index (χ4v) is 3.57. The highest BCUT2D eigenvalue weighted by Gasteiger charge is 2.31. The monoisotopic (exact) mass is 353 g/mol. The van der Waals surface area contributed by atoms with Crippen LogP contribution in [-0.2, 0) is 0 Å². The first kappa shape index (κ1) is 16.8. The van der Waals surface area contributed by atoms with Crippen molar-refractivity contribution in [1.82, 2.24) is 10.2 Å². The normalized spacial score (nSPS) is 20.6. The molecule has 1 aliphatic rings. The minimum atomic E-state index is 0.216. The number of nitrogens with zero attached hydrogens (tertiary/aromatic N) is 2. The molecule has 1 aliphatic heterocycles. The standard InChI is InChI=1S/C17H28BrN3/c1-6-19-13(2)14-7-8-16(15(18)11-14)21-10-9-20(5)17(3,4)12-21/h7-8,11,13,19H,6,9-10,12H2,1-5H3. The van der Waals surface area contributed by atoms with E-state index in [1.165, 1.54) is 15.7 Å². The van der Waals surface area contributed by atoms with Gasteiger partial charge in [-0.1, -0.05) is 13.0 Å². The molecule has 0 radical (unpaired) electrons. The van der Waals surface area contributed by atoms with Gasteiger partial charge in [0, 0.05) is 35.7 Å². The van der Waals surface area contributed by atoms with E-state index in [0.717, 1.165) is 26.2 Å². The molecule has 0 aromatic heterocycles. The molecule has 0 spiro atoms. The van der Waals surface area contributed by atoms with Gasteiger partial charge >= 0.3 is 0 Å². The van der Waals surface area contributed by atoms with Gasteiger partial charge in [-0.15, -0.1) is 0 Å². The number of halogens is 1. The third-order valence-corrected chi connectivity index (χ3v) is 5.27. The number of piperazine rings is 1. The van der Waals surface area contributed by atoms with Crippen LogP contribution in [0.3, 0.4) is 0 Å².